The molecule has 3 rings (SSSR count). The maximum atomic E-state index is 12.1. The Hall–Kier alpha value is -2.07. The molecule has 1 amide bonds. The van der Waals surface area contributed by atoms with E-state index in [1.165, 1.54) is 5.56 Å². The van der Waals surface area contributed by atoms with E-state index in [1.54, 1.807) is 18.3 Å². The Morgan fingerprint density at radius 1 is 1.40 bits per heavy atom. The molecule has 20 heavy (non-hydrogen) atoms. The Bertz CT molecular complexity index is 645. The maximum absolute atomic E-state index is 12.1. The molecule has 5 heteroatoms. The predicted molar refractivity (Wildman–Crippen MR) is 80.2 cm³/mol. The number of halogens is 1. The Labute approximate surface area is 122 Å². The molecule has 2 N–H and O–H groups in total. The highest BCUT2D eigenvalue weighted by atomic mass is 35.5. The summed E-state index contributed by atoms with van der Waals surface area (Å²) in [6, 6.07) is 11.4. The summed E-state index contributed by atoms with van der Waals surface area (Å²) in [5.41, 5.74) is 2.31. The number of para-hydroxylation sites is 1. The molecule has 0 spiro atoms. The van der Waals surface area contributed by atoms with Crippen LogP contribution in [-0.4, -0.2) is 17.4 Å². The summed E-state index contributed by atoms with van der Waals surface area (Å²) in [4.78, 5) is 16.1. The SMILES string of the molecule is O=C(CC1CNc2ccccc21)Nc1cc(Cl)ccn1. The summed E-state index contributed by atoms with van der Waals surface area (Å²) in [6.45, 7) is 0.787. The van der Waals surface area contributed by atoms with Gasteiger partial charge in [-0.15, -0.1) is 0 Å². The van der Waals surface area contributed by atoms with Gasteiger partial charge in [0.05, 0.1) is 0 Å². The maximum Gasteiger partial charge on any atom is 0.226 e. The molecule has 2 aromatic rings. The number of amides is 1. The molecule has 0 aliphatic carbocycles. The normalized spacial score (nSPS) is 16.4. The minimum absolute atomic E-state index is 0.0525. The van der Waals surface area contributed by atoms with Crippen LogP contribution in [0, 0.1) is 0 Å². The molecule has 1 unspecified atom stereocenters. The van der Waals surface area contributed by atoms with E-state index in [4.69, 9.17) is 11.6 Å². The molecule has 0 fully saturated rings. The van der Waals surface area contributed by atoms with E-state index in [0.29, 0.717) is 17.3 Å². The molecule has 4 nitrogen and oxygen atoms in total. The van der Waals surface area contributed by atoms with E-state index in [2.05, 4.69) is 21.7 Å². The van der Waals surface area contributed by atoms with Gasteiger partial charge in [-0.05, 0) is 23.8 Å². The molecule has 0 bridgehead atoms. The van der Waals surface area contributed by atoms with Crippen LogP contribution < -0.4 is 10.6 Å². The van der Waals surface area contributed by atoms with E-state index in [-0.39, 0.29) is 11.8 Å². The van der Waals surface area contributed by atoms with Crippen molar-refractivity contribution in [2.75, 3.05) is 17.2 Å². The van der Waals surface area contributed by atoms with Gasteiger partial charge < -0.3 is 10.6 Å². The zero-order valence-corrected chi connectivity index (χ0v) is 11.5. The molecule has 1 aromatic heterocycles. The van der Waals surface area contributed by atoms with Crippen LogP contribution in [0.3, 0.4) is 0 Å². The van der Waals surface area contributed by atoms with E-state index in [1.807, 2.05) is 18.2 Å². The molecule has 1 aliphatic rings. The van der Waals surface area contributed by atoms with Crippen molar-refractivity contribution in [2.45, 2.75) is 12.3 Å². The molecule has 1 aliphatic heterocycles. The molecular formula is C15H14ClN3O. The molecule has 0 saturated heterocycles. The first-order valence-electron chi connectivity index (χ1n) is 6.46. The second kappa shape index (κ2) is 5.51. The van der Waals surface area contributed by atoms with Crippen molar-refractivity contribution in [3.63, 3.8) is 0 Å². The van der Waals surface area contributed by atoms with Gasteiger partial charge in [0.2, 0.25) is 5.91 Å². The van der Waals surface area contributed by atoms with Crippen LogP contribution in [0.5, 0.6) is 0 Å². The van der Waals surface area contributed by atoms with Crippen molar-refractivity contribution in [2.24, 2.45) is 0 Å². The predicted octanol–water partition coefficient (Wildman–Crippen LogP) is 3.27. The molecule has 102 valence electrons. The van der Waals surface area contributed by atoms with E-state index in [9.17, 15) is 4.79 Å². The summed E-state index contributed by atoms with van der Waals surface area (Å²) < 4.78 is 0. The van der Waals surface area contributed by atoms with Crippen molar-refractivity contribution < 1.29 is 4.79 Å². The average molecular weight is 288 g/mol. The monoisotopic (exact) mass is 287 g/mol. The van der Waals surface area contributed by atoms with Crippen LogP contribution in [0.2, 0.25) is 5.02 Å². The summed E-state index contributed by atoms with van der Waals surface area (Å²) >= 11 is 5.86. The number of rotatable bonds is 3. The van der Waals surface area contributed by atoms with Crippen molar-refractivity contribution in [3.8, 4) is 0 Å². The van der Waals surface area contributed by atoms with Gasteiger partial charge in [-0.3, -0.25) is 4.79 Å². The minimum atomic E-state index is -0.0525. The van der Waals surface area contributed by atoms with Gasteiger partial charge in [0.25, 0.3) is 0 Å². The quantitative estimate of drug-likeness (QED) is 0.911. The third-order valence-electron chi connectivity index (χ3n) is 3.36. The van der Waals surface area contributed by atoms with E-state index >= 15 is 0 Å². The highest BCUT2D eigenvalue weighted by Crippen LogP contribution is 2.33. The van der Waals surface area contributed by atoms with Crippen LogP contribution in [0.4, 0.5) is 11.5 Å². The number of carbonyl (C=O) groups is 1. The number of anilines is 2. The summed E-state index contributed by atoms with van der Waals surface area (Å²) in [7, 11) is 0. The largest absolute Gasteiger partial charge is 0.384 e. The number of carbonyl (C=O) groups excluding carboxylic acids is 1. The third kappa shape index (κ3) is 2.75. The van der Waals surface area contributed by atoms with Crippen molar-refractivity contribution in [1.29, 1.82) is 0 Å². The van der Waals surface area contributed by atoms with Gasteiger partial charge in [0, 0.05) is 35.8 Å². The zero-order valence-electron chi connectivity index (χ0n) is 10.8. The standard InChI is InChI=1S/C15H14ClN3O/c16-11-5-6-17-14(8-11)19-15(20)7-10-9-18-13-4-2-1-3-12(10)13/h1-6,8,10,18H,7,9H2,(H,17,19,20). The molecule has 2 heterocycles. The summed E-state index contributed by atoms with van der Waals surface area (Å²) in [6.07, 6.45) is 2.00. The Morgan fingerprint density at radius 3 is 3.10 bits per heavy atom. The molecule has 1 atom stereocenters. The number of hydrogen-bond donors (Lipinski definition) is 2. The highest BCUT2D eigenvalue weighted by molar-refractivity contribution is 6.30. The smallest absolute Gasteiger partial charge is 0.226 e. The van der Waals surface area contributed by atoms with Gasteiger partial charge >= 0.3 is 0 Å². The fourth-order valence-corrected chi connectivity index (χ4v) is 2.59. The van der Waals surface area contributed by atoms with E-state index in [0.717, 1.165) is 12.2 Å². The lowest BCUT2D eigenvalue weighted by atomic mass is 9.97. The number of benzene rings is 1. The lowest BCUT2D eigenvalue weighted by Crippen LogP contribution is -2.17. The topological polar surface area (TPSA) is 54.0 Å². The van der Waals surface area contributed by atoms with Gasteiger partial charge in [-0.2, -0.15) is 0 Å². The molecule has 0 radical (unpaired) electrons. The van der Waals surface area contributed by atoms with Crippen molar-refractivity contribution in [1.82, 2.24) is 4.98 Å². The van der Waals surface area contributed by atoms with Crippen LogP contribution >= 0.6 is 11.6 Å². The Balaban J connectivity index is 1.66. The van der Waals surface area contributed by atoms with Crippen LogP contribution in [0.25, 0.3) is 0 Å². The first-order valence-corrected chi connectivity index (χ1v) is 6.84. The molecule has 0 saturated carbocycles. The number of nitrogens with one attached hydrogen (secondary N) is 2. The second-order valence-corrected chi connectivity index (χ2v) is 5.21. The van der Waals surface area contributed by atoms with Gasteiger partial charge in [0.1, 0.15) is 5.82 Å². The van der Waals surface area contributed by atoms with Crippen LogP contribution in [-0.2, 0) is 4.79 Å². The second-order valence-electron chi connectivity index (χ2n) is 4.78. The highest BCUT2D eigenvalue weighted by Gasteiger charge is 2.24. The minimum Gasteiger partial charge on any atom is -0.384 e. The fourth-order valence-electron chi connectivity index (χ4n) is 2.43. The summed E-state index contributed by atoms with van der Waals surface area (Å²) in [5.74, 6) is 0.635. The first-order chi connectivity index (χ1) is 9.72. The van der Waals surface area contributed by atoms with Crippen molar-refractivity contribution in [3.05, 3.63) is 53.2 Å². The number of pyridine rings is 1. The van der Waals surface area contributed by atoms with Crippen LogP contribution in [0.15, 0.2) is 42.6 Å². The van der Waals surface area contributed by atoms with Crippen LogP contribution in [0.1, 0.15) is 17.9 Å². The van der Waals surface area contributed by atoms with Crippen molar-refractivity contribution >= 4 is 29.0 Å². The number of aromatic nitrogens is 1. The van der Waals surface area contributed by atoms with E-state index < -0.39 is 0 Å². The molecular weight excluding hydrogens is 274 g/mol. The Morgan fingerprint density at radius 2 is 2.25 bits per heavy atom. The fraction of sp³-hybridized carbons (Fsp3) is 0.200. The summed E-state index contributed by atoms with van der Waals surface area (Å²) in [5, 5.41) is 6.65. The lowest BCUT2D eigenvalue weighted by molar-refractivity contribution is -0.116. The first kappa shape index (κ1) is 12.9. The third-order valence-corrected chi connectivity index (χ3v) is 3.60. The molecule has 1 aromatic carbocycles. The van der Waals surface area contributed by atoms with Gasteiger partial charge in [0.15, 0.2) is 0 Å². The van der Waals surface area contributed by atoms with Gasteiger partial charge in [-0.25, -0.2) is 4.98 Å². The zero-order chi connectivity index (χ0) is 13.9. The number of fused-ring (bicyclic) bond motifs is 1. The Kier molecular flexibility index (Phi) is 3.56. The number of nitrogens with zero attached hydrogens (tertiary/aromatic N) is 1. The van der Waals surface area contributed by atoms with Gasteiger partial charge in [-0.1, -0.05) is 29.8 Å². The lowest BCUT2D eigenvalue weighted by Gasteiger charge is -2.10. The average Bonchev–Trinajstić information content (AvgIpc) is 2.82. The number of hydrogen-bond acceptors (Lipinski definition) is 3.